The lowest BCUT2D eigenvalue weighted by molar-refractivity contribution is 0.202. The minimum atomic E-state index is -0.190. The van der Waals surface area contributed by atoms with Crippen LogP contribution in [-0.4, -0.2) is 23.9 Å². The van der Waals surface area contributed by atoms with Gasteiger partial charge in [-0.05, 0) is 5.56 Å². The van der Waals surface area contributed by atoms with Gasteiger partial charge in [0.1, 0.15) is 10.0 Å². The fraction of sp³-hybridized carbons (Fsp3) is 0.333. The molecule has 4 nitrogen and oxygen atoms in total. The predicted molar refractivity (Wildman–Crippen MR) is 68.0 cm³/mol. The van der Waals surface area contributed by atoms with E-state index in [-0.39, 0.29) is 6.04 Å². The molecule has 2 aromatic rings. The van der Waals surface area contributed by atoms with E-state index in [9.17, 15) is 0 Å². The van der Waals surface area contributed by atoms with E-state index >= 15 is 0 Å². The quantitative estimate of drug-likeness (QED) is 0.877. The highest BCUT2D eigenvalue weighted by Crippen LogP contribution is 2.22. The molecule has 1 aromatic heterocycles. The molecular formula is C12H15N3OS. The number of hydrogen-bond donors (Lipinski definition) is 1. The standard InChI is InChI=1S/C12H15N3OS/c1-16-8-7-10-14-15-12(17-10)11(13)9-5-3-2-4-6-9/h2-6,11H,7-8,13H2,1H3. The molecule has 0 spiro atoms. The summed E-state index contributed by atoms with van der Waals surface area (Å²) >= 11 is 1.55. The zero-order chi connectivity index (χ0) is 12.1. The zero-order valence-corrected chi connectivity index (χ0v) is 10.5. The number of aromatic nitrogens is 2. The van der Waals surface area contributed by atoms with Crippen LogP contribution in [0.4, 0.5) is 0 Å². The van der Waals surface area contributed by atoms with Crippen molar-refractivity contribution >= 4 is 11.3 Å². The van der Waals surface area contributed by atoms with Crippen LogP contribution in [0.5, 0.6) is 0 Å². The summed E-state index contributed by atoms with van der Waals surface area (Å²) in [5.41, 5.74) is 7.19. The van der Waals surface area contributed by atoms with Crippen LogP contribution in [0, 0.1) is 0 Å². The van der Waals surface area contributed by atoms with Gasteiger partial charge in [-0.3, -0.25) is 0 Å². The highest BCUT2D eigenvalue weighted by molar-refractivity contribution is 7.11. The van der Waals surface area contributed by atoms with Crippen LogP contribution in [0.25, 0.3) is 0 Å². The average molecular weight is 249 g/mol. The summed E-state index contributed by atoms with van der Waals surface area (Å²) in [7, 11) is 1.68. The molecular weight excluding hydrogens is 234 g/mol. The molecule has 0 aliphatic rings. The van der Waals surface area contributed by atoms with Crippen molar-refractivity contribution in [3.8, 4) is 0 Å². The van der Waals surface area contributed by atoms with Gasteiger partial charge < -0.3 is 10.5 Å². The molecule has 17 heavy (non-hydrogen) atoms. The fourth-order valence-corrected chi connectivity index (χ4v) is 2.34. The first-order chi connectivity index (χ1) is 8.31. The highest BCUT2D eigenvalue weighted by atomic mass is 32.1. The van der Waals surface area contributed by atoms with Gasteiger partial charge in [-0.2, -0.15) is 0 Å². The van der Waals surface area contributed by atoms with E-state index in [1.54, 1.807) is 18.4 Å². The molecule has 0 fully saturated rings. The van der Waals surface area contributed by atoms with Gasteiger partial charge in [0, 0.05) is 13.5 Å². The Balaban J connectivity index is 2.09. The first-order valence-electron chi connectivity index (χ1n) is 5.43. The summed E-state index contributed by atoms with van der Waals surface area (Å²) in [5.74, 6) is 0. The fourth-order valence-electron chi connectivity index (χ4n) is 1.49. The summed E-state index contributed by atoms with van der Waals surface area (Å²) in [6.45, 7) is 0.662. The second-order valence-electron chi connectivity index (χ2n) is 3.67. The second-order valence-corrected chi connectivity index (χ2v) is 4.76. The molecule has 1 unspecified atom stereocenters. The number of methoxy groups -OCH3 is 1. The van der Waals surface area contributed by atoms with E-state index < -0.39 is 0 Å². The Labute approximate surface area is 104 Å². The van der Waals surface area contributed by atoms with Crippen molar-refractivity contribution in [1.82, 2.24) is 10.2 Å². The minimum Gasteiger partial charge on any atom is -0.384 e. The molecule has 0 saturated carbocycles. The third-order valence-corrected chi connectivity index (χ3v) is 3.49. The van der Waals surface area contributed by atoms with E-state index in [1.165, 1.54) is 0 Å². The summed E-state index contributed by atoms with van der Waals surface area (Å²) in [6.07, 6.45) is 0.787. The van der Waals surface area contributed by atoms with Crippen molar-refractivity contribution in [2.75, 3.05) is 13.7 Å². The van der Waals surface area contributed by atoms with Crippen molar-refractivity contribution in [3.63, 3.8) is 0 Å². The van der Waals surface area contributed by atoms with Gasteiger partial charge in [-0.25, -0.2) is 0 Å². The lowest BCUT2D eigenvalue weighted by atomic mass is 10.1. The average Bonchev–Trinajstić information content (AvgIpc) is 2.85. The zero-order valence-electron chi connectivity index (χ0n) is 9.67. The lowest BCUT2D eigenvalue weighted by Crippen LogP contribution is -2.11. The van der Waals surface area contributed by atoms with Crippen LogP contribution in [0.1, 0.15) is 21.6 Å². The Morgan fingerprint density at radius 2 is 2.06 bits per heavy atom. The molecule has 2 N–H and O–H groups in total. The van der Waals surface area contributed by atoms with Crippen molar-refractivity contribution in [1.29, 1.82) is 0 Å². The molecule has 0 saturated heterocycles. The number of hydrogen-bond acceptors (Lipinski definition) is 5. The number of rotatable bonds is 5. The molecule has 0 aliphatic heterocycles. The first kappa shape index (κ1) is 12.2. The third-order valence-electron chi connectivity index (χ3n) is 2.43. The number of benzene rings is 1. The van der Waals surface area contributed by atoms with E-state index in [4.69, 9.17) is 10.5 Å². The van der Waals surface area contributed by atoms with Crippen LogP contribution in [0.2, 0.25) is 0 Å². The predicted octanol–water partition coefficient (Wildman–Crippen LogP) is 1.78. The molecule has 5 heteroatoms. The first-order valence-corrected chi connectivity index (χ1v) is 6.24. The van der Waals surface area contributed by atoms with Gasteiger partial charge in [0.25, 0.3) is 0 Å². The van der Waals surface area contributed by atoms with Crippen molar-refractivity contribution in [2.45, 2.75) is 12.5 Å². The maximum atomic E-state index is 6.13. The number of nitrogens with two attached hydrogens (primary N) is 1. The maximum Gasteiger partial charge on any atom is 0.138 e. The molecule has 0 aliphatic carbocycles. The molecule has 1 aromatic carbocycles. The molecule has 0 amide bonds. The second kappa shape index (κ2) is 5.86. The van der Waals surface area contributed by atoms with E-state index in [0.717, 1.165) is 22.0 Å². The van der Waals surface area contributed by atoms with Crippen molar-refractivity contribution < 1.29 is 4.74 Å². The Bertz CT molecular complexity index is 458. The molecule has 0 bridgehead atoms. The lowest BCUT2D eigenvalue weighted by Gasteiger charge is -2.06. The van der Waals surface area contributed by atoms with E-state index in [0.29, 0.717) is 6.61 Å². The van der Waals surface area contributed by atoms with Crippen LogP contribution in [0.3, 0.4) is 0 Å². The van der Waals surface area contributed by atoms with Crippen molar-refractivity contribution in [3.05, 3.63) is 45.9 Å². The molecule has 90 valence electrons. The summed E-state index contributed by atoms with van der Waals surface area (Å²) in [6, 6.07) is 9.73. The van der Waals surface area contributed by atoms with Crippen LogP contribution < -0.4 is 5.73 Å². The van der Waals surface area contributed by atoms with Crippen LogP contribution >= 0.6 is 11.3 Å². The Morgan fingerprint density at radius 3 is 2.76 bits per heavy atom. The topological polar surface area (TPSA) is 61.0 Å². The SMILES string of the molecule is COCCc1nnc(C(N)c2ccccc2)s1. The number of ether oxygens (including phenoxy) is 1. The van der Waals surface area contributed by atoms with Gasteiger partial charge in [-0.15, -0.1) is 10.2 Å². The van der Waals surface area contributed by atoms with E-state index in [2.05, 4.69) is 10.2 Å². The maximum absolute atomic E-state index is 6.13. The Kier molecular flexibility index (Phi) is 4.19. The summed E-state index contributed by atoms with van der Waals surface area (Å²) in [4.78, 5) is 0. The molecule has 2 rings (SSSR count). The van der Waals surface area contributed by atoms with Crippen LogP contribution in [0.15, 0.2) is 30.3 Å². The smallest absolute Gasteiger partial charge is 0.138 e. The Morgan fingerprint density at radius 1 is 1.29 bits per heavy atom. The van der Waals surface area contributed by atoms with Gasteiger partial charge >= 0.3 is 0 Å². The van der Waals surface area contributed by atoms with Gasteiger partial charge in [0.2, 0.25) is 0 Å². The normalized spacial score (nSPS) is 12.6. The van der Waals surface area contributed by atoms with Crippen molar-refractivity contribution in [2.24, 2.45) is 5.73 Å². The van der Waals surface area contributed by atoms with Crippen LogP contribution in [-0.2, 0) is 11.2 Å². The monoisotopic (exact) mass is 249 g/mol. The highest BCUT2D eigenvalue weighted by Gasteiger charge is 2.13. The van der Waals surface area contributed by atoms with Gasteiger partial charge in [-0.1, -0.05) is 41.7 Å². The Hall–Kier alpha value is -1.30. The number of nitrogens with zero attached hydrogens (tertiary/aromatic N) is 2. The van der Waals surface area contributed by atoms with Gasteiger partial charge in [0.15, 0.2) is 0 Å². The van der Waals surface area contributed by atoms with E-state index in [1.807, 2.05) is 30.3 Å². The summed E-state index contributed by atoms with van der Waals surface area (Å²) < 4.78 is 5.01. The van der Waals surface area contributed by atoms with Gasteiger partial charge in [0.05, 0.1) is 12.6 Å². The molecule has 0 radical (unpaired) electrons. The largest absolute Gasteiger partial charge is 0.384 e. The molecule has 1 heterocycles. The minimum absolute atomic E-state index is 0.190. The third kappa shape index (κ3) is 3.09. The summed E-state index contributed by atoms with van der Waals surface area (Å²) in [5, 5.41) is 10.1. The molecule has 1 atom stereocenters.